The summed E-state index contributed by atoms with van der Waals surface area (Å²) in [5, 5.41) is 0. The van der Waals surface area contributed by atoms with Crippen molar-refractivity contribution in [1.29, 1.82) is 0 Å². The van der Waals surface area contributed by atoms with Gasteiger partial charge in [-0.25, -0.2) is 4.98 Å². The Bertz CT molecular complexity index is 282. The number of nitrogens with zero attached hydrogens (tertiary/aromatic N) is 1. The molecule has 1 heterocycles. The van der Waals surface area contributed by atoms with Crippen LogP contribution < -0.4 is 10.5 Å². The molecule has 3 N–H and O–H groups in total. The van der Waals surface area contributed by atoms with Crippen LogP contribution in [0, 0.1) is 4.77 Å². The minimum atomic E-state index is 0.360. The molecule has 5 heteroatoms. The number of hydrogen-bond donors (Lipinski definition) is 2. The third kappa shape index (κ3) is 1.24. The topological polar surface area (TPSA) is 63.9 Å². The van der Waals surface area contributed by atoms with E-state index < -0.39 is 0 Å². The zero-order chi connectivity index (χ0) is 7.56. The fourth-order valence-corrected chi connectivity index (χ4v) is 0.721. The number of hydrogen-bond acceptors (Lipinski definition) is 4. The Labute approximate surface area is 63.0 Å². The van der Waals surface area contributed by atoms with Gasteiger partial charge in [0.15, 0.2) is 10.5 Å². The summed E-state index contributed by atoms with van der Waals surface area (Å²) in [6.45, 7) is 0. The van der Waals surface area contributed by atoms with E-state index in [1.807, 2.05) is 0 Å². The molecule has 0 atom stereocenters. The predicted molar refractivity (Wildman–Crippen MR) is 40.4 cm³/mol. The molecule has 0 saturated heterocycles. The molecule has 1 aromatic heterocycles. The van der Waals surface area contributed by atoms with Crippen molar-refractivity contribution in [2.45, 2.75) is 0 Å². The number of H-pyrrole nitrogens is 1. The van der Waals surface area contributed by atoms with E-state index in [1.165, 1.54) is 13.3 Å². The number of nitrogen functional groups attached to an aromatic ring is 1. The molecule has 0 radical (unpaired) electrons. The third-order valence-electron chi connectivity index (χ3n) is 1.03. The van der Waals surface area contributed by atoms with Crippen molar-refractivity contribution in [3.63, 3.8) is 0 Å². The number of aromatic nitrogens is 2. The van der Waals surface area contributed by atoms with Crippen LogP contribution in [0.25, 0.3) is 0 Å². The van der Waals surface area contributed by atoms with Crippen LogP contribution in [0.1, 0.15) is 0 Å². The summed E-state index contributed by atoms with van der Waals surface area (Å²) in [4.78, 5) is 6.41. The normalized spacial score (nSPS) is 9.30. The van der Waals surface area contributed by atoms with Gasteiger partial charge >= 0.3 is 0 Å². The van der Waals surface area contributed by atoms with E-state index in [4.69, 9.17) is 22.7 Å². The summed E-state index contributed by atoms with van der Waals surface area (Å²) >= 11 is 4.70. The highest BCUT2D eigenvalue weighted by Crippen LogP contribution is 2.13. The van der Waals surface area contributed by atoms with Gasteiger partial charge in [-0.1, -0.05) is 0 Å². The Morgan fingerprint density at radius 3 is 3.00 bits per heavy atom. The lowest BCUT2D eigenvalue weighted by molar-refractivity contribution is 0.413. The minimum absolute atomic E-state index is 0.360. The molecule has 0 saturated carbocycles. The molecule has 0 spiro atoms. The highest BCUT2D eigenvalue weighted by molar-refractivity contribution is 7.71. The van der Waals surface area contributed by atoms with Crippen molar-refractivity contribution in [2.75, 3.05) is 12.8 Å². The zero-order valence-electron chi connectivity index (χ0n) is 5.42. The van der Waals surface area contributed by atoms with E-state index >= 15 is 0 Å². The van der Waals surface area contributed by atoms with Crippen LogP contribution in [0.2, 0.25) is 0 Å². The summed E-state index contributed by atoms with van der Waals surface area (Å²) in [5.41, 5.74) is 5.44. The molecular weight excluding hydrogens is 150 g/mol. The average Bonchev–Trinajstić information content (AvgIpc) is 1.88. The summed E-state index contributed by atoms with van der Waals surface area (Å²) in [6.07, 6.45) is 1.48. The molecule has 0 amide bonds. The van der Waals surface area contributed by atoms with Gasteiger partial charge in [0.25, 0.3) is 0 Å². The van der Waals surface area contributed by atoms with Gasteiger partial charge in [0.05, 0.1) is 13.3 Å². The fourth-order valence-electron chi connectivity index (χ4n) is 0.559. The first-order chi connectivity index (χ1) is 4.74. The standard InChI is InChI=1S/C5H7N3OS/c1-9-3-2-7-5(10)8-4(3)6/h2H,1H3,(H3,6,7,8,10). The second-order valence-corrected chi connectivity index (χ2v) is 2.06. The maximum absolute atomic E-state index is 5.44. The van der Waals surface area contributed by atoms with Crippen LogP contribution in [0.4, 0.5) is 5.82 Å². The number of anilines is 1. The second kappa shape index (κ2) is 2.66. The summed E-state index contributed by atoms with van der Waals surface area (Å²) < 4.78 is 5.19. The Morgan fingerprint density at radius 1 is 1.80 bits per heavy atom. The summed E-state index contributed by atoms with van der Waals surface area (Å²) in [7, 11) is 1.52. The molecule has 10 heavy (non-hydrogen) atoms. The van der Waals surface area contributed by atoms with E-state index in [1.54, 1.807) is 0 Å². The van der Waals surface area contributed by atoms with E-state index in [-0.39, 0.29) is 0 Å². The molecule has 54 valence electrons. The Balaban J connectivity index is 3.19. The maximum atomic E-state index is 5.44. The number of ether oxygens (including phenoxy) is 1. The van der Waals surface area contributed by atoms with Crippen LogP contribution in [-0.2, 0) is 0 Å². The van der Waals surface area contributed by atoms with Gasteiger partial charge in [0.1, 0.15) is 5.82 Å². The van der Waals surface area contributed by atoms with E-state index in [2.05, 4.69) is 9.97 Å². The Morgan fingerprint density at radius 2 is 2.50 bits per heavy atom. The van der Waals surface area contributed by atoms with Crippen LogP contribution in [0.3, 0.4) is 0 Å². The molecule has 0 unspecified atom stereocenters. The third-order valence-corrected chi connectivity index (χ3v) is 1.23. The van der Waals surface area contributed by atoms with Crippen molar-refractivity contribution < 1.29 is 4.74 Å². The second-order valence-electron chi connectivity index (χ2n) is 1.67. The molecular formula is C5H7N3OS. The van der Waals surface area contributed by atoms with Crippen molar-refractivity contribution in [2.24, 2.45) is 0 Å². The molecule has 0 aliphatic rings. The molecule has 1 aromatic rings. The quantitative estimate of drug-likeness (QED) is 0.590. The maximum Gasteiger partial charge on any atom is 0.198 e. The van der Waals surface area contributed by atoms with Gasteiger partial charge in [-0.2, -0.15) is 0 Å². The molecule has 0 fully saturated rings. The molecule has 0 aliphatic heterocycles. The van der Waals surface area contributed by atoms with Gasteiger partial charge in [-0.15, -0.1) is 0 Å². The smallest absolute Gasteiger partial charge is 0.198 e. The highest BCUT2D eigenvalue weighted by Gasteiger charge is 1.95. The first kappa shape index (κ1) is 7.01. The molecule has 4 nitrogen and oxygen atoms in total. The zero-order valence-corrected chi connectivity index (χ0v) is 6.23. The minimum Gasteiger partial charge on any atom is -0.491 e. The van der Waals surface area contributed by atoms with E-state index in [0.29, 0.717) is 16.3 Å². The number of aromatic amines is 1. The molecule has 0 bridgehead atoms. The van der Waals surface area contributed by atoms with Gasteiger partial charge < -0.3 is 15.5 Å². The average molecular weight is 157 g/mol. The summed E-state index contributed by atoms with van der Waals surface area (Å²) in [5.74, 6) is 0.913. The van der Waals surface area contributed by atoms with Crippen LogP contribution >= 0.6 is 12.2 Å². The van der Waals surface area contributed by atoms with Crippen LogP contribution in [-0.4, -0.2) is 17.1 Å². The SMILES string of the molecule is COc1cnc(=S)[nH]c1N. The monoisotopic (exact) mass is 157 g/mol. The van der Waals surface area contributed by atoms with Gasteiger partial charge in [0.2, 0.25) is 0 Å². The molecule has 1 rings (SSSR count). The van der Waals surface area contributed by atoms with Crippen molar-refractivity contribution in [3.8, 4) is 5.75 Å². The summed E-state index contributed by atoms with van der Waals surface area (Å²) in [6, 6.07) is 0. The Kier molecular flexibility index (Phi) is 1.86. The Hall–Kier alpha value is -1.10. The largest absolute Gasteiger partial charge is 0.491 e. The lowest BCUT2D eigenvalue weighted by atomic mass is 10.5. The van der Waals surface area contributed by atoms with Crippen LogP contribution in [0.5, 0.6) is 5.75 Å². The molecule has 0 aromatic carbocycles. The van der Waals surface area contributed by atoms with Crippen molar-refractivity contribution in [1.82, 2.24) is 9.97 Å². The lowest BCUT2D eigenvalue weighted by Gasteiger charge is -2.00. The highest BCUT2D eigenvalue weighted by atomic mass is 32.1. The number of methoxy groups -OCH3 is 1. The van der Waals surface area contributed by atoms with Crippen LogP contribution in [0.15, 0.2) is 6.20 Å². The first-order valence-electron chi connectivity index (χ1n) is 2.63. The van der Waals surface area contributed by atoms with Crippen molar-refractivity contribution >= 4 is 18.0 Å². The number of rotatable bonds is 1. The van der Waals surface area contributed by atoms with Gasteiger partial charge in [-0.3, -0.25) is 0 Å². The predicted octanol–water partition coefficient (Wildman–Crippen LogP) is 0.730. The van der Waals surface area contributed by atoms with Crippen molar-refractivity contribution in [3.05, 3.63) is 11.0 Å². The van der Waals surface area contributed by atoms with Gasteiger partial charge in [0, 0.05) is 0 Å². The number of nitrogens with one attached hydrogen (secondary N) is 1. The molecule has 0 aliphatic carbocycles. The van der Waals surface area contributed by atoms with E-state index in [0.717, 1.165) is 0 Å². The number of nitrogens with two attached hydrogens (primary N) is 1. The lowest BCUT2D eigenvalue weighted by Crippen LogP contribution is -1.96. The van der Waals surface area contributed by atoms with E-state index in [9.17, 15) is 0 Å². The first-order valence-corrected chi connectivity index (χ1v) is 3.03. The fraction of sp³-hybridized carbons (Fsp3) is 0.200. The van der Waals surface area contributed by atoms with Gasteiger partial charge in [-0.05, 0) is 12.2 Å².